The molecule has 0 N–H and O–H groups in total. The molecule has 1 aromatic carbocycles. The SMILES string of the molecule is COc1cc(-c2cc(Br)cn2C(=O)OC(C)(C)C)ccc1Br. The number of benzene rings is 1. The standard InChI is InChI=1S/C16H17Br2NO3/c1-16(2,3)22-15(20)19-9-11(17)8-13(19)10-5-6-12(18)14(7-10)21-4/h5-9H,1-4H3. The van der Waals surface area contributed by atoms with Gasteiger partial charge in [-0.3, -0.25) is 4.57 Å². The van der Waals surface area contributed by atoms with Crippen molar-refractivity contribution in [2.75, 3.05) is 7.11 Å². The molecule has 0 aliphatic heterocycles. The third kappa shape index (κ3) is 3.93. The maximum absolute atomic E-state index is 12.4. The fourth-order valence-electron chi connectivity index (χ4n) is 1.93. The first-order chi connectivity index (χ1) is 10.2. The second-order valence-corrected chi connectivity index (χ2v) is 7.51. The Morgan fingerprint density at radius 2 is 1.86 bits per heavy atom. The molecule has 0 saturated carbocycles. The van der Waals surface area contributed by atoms with Crippen LogP contribution in [0.5, 0.6) is 5.75 Å². The number of halogens is 2. The van der Waals surface area contributed by atoms with Gasteiger partial charge in [0.15, 0.2) is 0 Å². The molecule has 0 amide bonds. The van der Waals surface area contributed by atoms with E-state index in [1.54, 1.807) is 13.3 Å². The summed E-state index contributed by atoms with van der Waals surface area (Å²) < 4.78 is 13.9. The number of hydrogen-bond donors (Lipinski definition) is 0. The van der Waals surface area contributed by atoms with Crippen molar-refractivity contribution in [3.63, 3.8) is 0 Å². The number of carbonyl (C=O) groups is 1. The van der Waals surface area contributed by atoms with Crippen molar-refractivity contribution in [2.45, 2.75) is 26.4 Å². The van der Waals surface area contributed by atoms with E-state index in [2.05, 4.69) is 31.9 Å². The van der Waals surface area contributed by atoms with Gasteiger partial charge in [-0.25, -0.2) is 4.79 Å². The Bertz CT molecular complexity index is 702. The monoisotopic (exact) mass is 429 g/mol. The van der Waals surface area contributed by atoms with Gasteiger partial charge in [0.1, 0.15) is 11.4 Å². The molecule has 0 radical (unpaired) electrons. The quantitative estimate of drug-likeness (QED) is 0.633. The molecule has 1 aromatic heterocycles. The lowest BCUT2D eigenvalue weighted by atomic mass is 10.1. The Morgan fingerprint density at radius 3 is 2.45 bits per heavy atom. The first kappa shape index (κ1) is 17.1. The maximum atomic E-state index is 12.4. The fraction of sp³-hybridized carbons (Fsp3) is 0.312. The Balaban J connectivity index is 2.46. The number of methoxy groups -OCH3 is 1. The van der Waals surface area contributed by atoms with E-state index in [9.17, 15) is 4.79 Å². The van der Waals surface area contributed by atoms with E-state index in [0.717, 1.165) is 20.2 Å². The first-order valence-electron chi connectivity index (χ1n) is 6.66. The third-order valence-corrected chi connectivity index (χ3v) is 3.91. The Hall–Kier alpha value is -1.27. The molecule has 22 heavy (non-hydrogen) atoms. The smallest absolute Gasteiger partial charge is 0.419 e. The zero-order chi connectivity index (χ0) is 16.5. The number of hydrogen-bond acceptors (Lipinski definition) is 3. The van der Waals surface area contributed by atoms with Gasteiger partial charge in [0.25, 0.3) is 0 Å². The largest absolute Gasteiger partial charge is 0.496 e. The van der Waals surface area contributed by atoms with Crippen molar-refractivity contribution in [1.29, 1.82) is 0 Å². The number of carbonyl (C=O) groups excluding carboxylic acids is 1. The zero-order valence-electron chi connectivity index (χ0n) is 12.8. The van der Waals surface area contributed by atoms with E-state index in [1.165, 1.54) is 4.57 Å². The summed E-state index contributed by atoms with van der Waals surface area (Å²) in [5.41, 5.74) is 1.03. The Kier molecular flexibility index (Phi) is 5.02. The predicted octanol–water partition coefficient (Wildman–Crippen LogP) is 5.47. The van der Waals surface area contributed by atoms with Crippen molar-refractivity contribution in [2.24, 2.45) is 0 Å². The maximum Gasteiger partial charge on any atom is 0.419 e. The number of rotatable bonds is 2. The molecule has 0 fully saturated rings. The Labute approximate surface area is 146 Å². The van der Waals surface area contributed by atoms with Crippen molar-refractivity contribution in [3.05, 3.63) is 39.4 Å². The molecule has 1 heterocycles. The highest BCUT2D eigenvalue weighted by Gasteiger charge is 2.21. The lowest BCUT2D eigenvalue weighted by Crippen LogP contribution is -2.27. The summed E-state index contributed by atoms with van der Waals surface area (Å²) in [6.07, 6.45) is 1.27. The summed E-state index contributed by atoms with van der Waals surface area (Å²) >= 11 is 6.83. The van der Waals surface area contributed by atoms with Crippen LogP contribution in [-0.4, -0.2) is 23.4 Å². The van der Waals surface area contributed by atoms with Gasteiger partial charge in [0.05, 0.1) is 17.3 Å². The van der Waals surface area contributed by atoms with Crippen molar-refractivity contribution in [3.8, 4) is 17.0 Å². The van der Waals surface area contributed by atoms with Crippen LogP contribution >= 0.6 is 31.9 Å². The van der Waals surface area contributed by atoms with Crippen molar-refractivity contribution < 1.29 is 14.3 Å². The normalized spacial score (nSPS) is 11.4. The van der Waals surface area contributed by atoms with Crippen LogP contribution in [0.3, 0.4) is 0 Å². The van der Waals surface area contributed by atoms with Gasteiger partial charge < -0.3 is 9.47 Å². The van der Waals surface area contributed by atoms with Crippen LogP contribution < -0.4 is 4.74 Å². The predicted molar refractivity (Wildman–Crippen MR) is 93.5 cm³/mol. The second-order valence-electron chi connectivity index (χ2n) is 5.74. The average Bonchev–Trinajstić information content (AvgIpc) is 2.79. The Morgan fingerprint density at radius 1 is 1.18 bits per heavy atom. The van der Waals surface area contributed by atoms with Crippen LogP contribution in [0.25, 0.3) is 11.3 Å². The molecule has 4 nitrogen and oxygen atoms in total. The number of nitrogens with zero attached hydrogens (tertiary/aromatic N) is 1. The fourth-order valence-corrected chi connectivity index (χ4v) is 2.76. The zero-order valence-corrected chi connectivity index (χ0v) is 16.0. The molecule has 118 valence electrons. The highest BCUT2D eigenvalue weighted by atomic mass is 79.9. The molecular formula is C16H17Br2NO3. The third-order valence-electron chi connectivity index (χ3n) is 2.82. The molecule has 6 heteroatoms. The van der Waals surface area contributed by atoms with Crippen molar-refractivity contribution >= 4 is 38.0 Å². The van der Waals surface area contributed by atoms with Gasteiger partial charge in [-0.2, -0.15) is 0 Å². The molecule has 0 bridgehead atoms. The summed E-state index contributed by atoms with van der Waals surface area (Å²) in [6, 6.07) is 7.53. The summed E-state index contributed by atoms with van der Waals surface area (Å²) in [5.74, 6) is 0.700. The van der Waals surface area contributed by atoms with Crippen LogP contribution in [0.1, 0.15) is 20.8 Å². The highest BCUT2D eigenvalue weighted by Crippen LogP contribution is 2.33. The van der Waals surface area contributed by atoms with Gasteiger partial charge in [0, 0.05) is 16.2 Å². The van der Waals surface area contributed by atoms with E-state index in [0.29, 0.717) is 5.75 Å². The van der Waals surface area contributed by atoms with Crippen LogP contribution in [0.15, 0.2) is 39.4 Å². The average molecular weight is 431 g/mol. The molecule has 0 spiro atoms. The van der Waals surface area contributed by atoms with Gasteiger partial charge in [-0.1, -0.05) is 6.07 Å². The topological polar surface area (TPSA) is 40.5 Å². The number of ether oxygens (including phenoxy) is 2. The minimum atomic E-state index is -0.553. The van der Waals surface area contributed by atoms with Crippen LogP contribution in [0.2, 0.25) is 0 Å². The highest BCUT2D eigenvalue weighted by molar-refractivity contribution is 9.10. The molecule has 2 rings (SSSR count). The lowest BCUT2D eigenvalue weighted by Gasteiger charge is -2.20. The molecule has 2 aromatic rings. The van der Waals surface area contributed by atoms with Gasteiger partial charge in [0.2, 0.25) is 0 Å². The van der Waals surface area contributed by atoms with Gasteiger partial charge in [-0.15, -0.1) is 0 Å². The molecular weight excluding hydrogens is 414 g/mol. The van der Waals surface area contributed by atoms with Crippen LogP contribution in [-0.2, 0) is 4.74 Å². The lowest BCUT2D eigenvalue weighted by molar-refractivity contribution is 0.0540. The summed E-state index contributed by atoms with van der Waals surface area (Å²) in [5, 5.41) is 0. The molecule has 0 aliphatic rings. The minimum Gasteiger partial charge on any atom is -0.496 e. The van der Waals surface area contributed by atoms with E-state index >= 15 is 0 Å². The summed E-state index contributed by atoms with van der Waals surface area (Å²) in [4.78, 5) is 12.4. The van der Waals surface area contributed by atoms with E-state index in [4.69, 9.17) is 9.47 Å². The number of aromatic nitrogens is 1. The van der Waals surface area contributed by atoms with Gasteiger partial charge >= 0.3 is 6.09 Å². The molecule has 0 saturated heterocycles. The van der Waals surface area contributed by atoms with Crippen LogP contribution in [0.4, 0.5) is 4.79 Å². The van der Waals surface area contributed by atoms with Gasteiger partial charge in [-0.05, 0) is 70.8 Å². The first-order valence-corrected chi connectivity index (χ1v) is 8.25. The van der Waals surface area contributed by atoms with Crippen LogP contribution in [0, 0.1) is 0 Å². The summed E-state index contributed by atoms with van der Waals surface area (Å²) in [7, 11) is 1.60. The summed E-state index contributed by atoms with van der Waals surface area (Å²) in [6.45, 7) is 5.52. The van der Waals surface area contributed by atoms with E-state index in [1.807, 2.05) is 45.0 Å². The minimum absolute atomic E-state index is 0.421. The van der Waals surface area contributed by atoms with E-state index < -0.39 is 11.7 Å². The second kappa shape index (κ2) is 6.46. The molecule has 0 unspecified atom stereocenters. The van der Waals surface area contributed by atoms with Crippen molar-refractivity contribution in [1.82, 2.24) is 4.57 Å². The van der Waals surface area contributed by atoms with E-state index in [-0.39, 0.29) is 0 Å². The molecule has 0 aliphatic carbocycles. The molecule has 0 atom stereocenters.